The van der Waals surface area contributed by atoms with Crippen molar-refractivity contribution in [3.8, 4) is 0 Å². The predicted octanol–water partition coefficient (Wildman–Crippen LogP) is 3.77. The van der Waals surface area contributed by atoms with Gasteiger partial charge < -0.3 is 9.73 Å². The van der Waals surface area contributed by atoms with Crippen LogP contribution >= 0.6 is 0 Å². The van der Waals surface area contributed by atoms with E-state index in [4.69, 9.17) is 4.42 Å². The van der Waals surface area contributed by atoms with Crippen LogP contribution in [0.1, 0.15) is 50.7 Å². The Morgan fingerprint density at radius 3 is 2.82 bits per heavy atom. The Kier molecular flexibility index (Phi) is 5.11. The fraction of sp³-hybridized carbons (Fsp3) is 0.733. The third kappa shape index (κ3) is 4.19. The van der Waals surface area contributed by atoms with Crippen LogP contribution in [0.15, 0.2) is 22.8 Å². The summed E-state index contributed by atoms with van der Waals surface area (Å²) < 4.78 is 5.42. The number of likely N-dealkylation sites (N-methyl/N-ethyl adjacent to an activating group) is 1. The molecule has 1 saturated carbocycles. The van der Waals surface area contributed by atoms with E-state index in [2.05, 4.69) is 18.4 Å². The molecule has 1 aromatic rings. The van der Waals surface area contributed by atoms with E-state index in [1.54, 1.807) is 6.26 Å². The van der Waals surface area contributed by atoms with Gasteiger partial charge in [-0.1, -0.05) is 32.1 Å². The molecule has 0 saturated heterocycles. The molecule has 2 nitrogen and oxygen atoms in total. The maximum atomic E-state index is 5.42. The quantitative estimate of drug-likeness (QED) is 0.812. The molecular formula is C15H25NO. The zero-order chi connectivity index (χ0) is 11.9. The molecule has 96 valence electrons. The molecule has 0 spiro atoms. The van der Waals surface area contributed by atoms with Crippen LogP contribution in [-0.4, -0.2) is 13.1 Å². The van der Waals surface area contributed by atoms with Gasteiger partial charge in [0, 0.05) is 12.5 Å². The minimum atomic E-state index is 0.572. The van der Waals surface area contributed by atoms with Crippen molar-refractivity contribution in [3.63, 3.8) is 0 Å². The summed E-state index contributed by atoms with van der Waals surface area (Å²) in [6.07, 6.45) is 12.7. The predicted molar refractivity (Wildman–Crippen MR) is 71.1 cm³/mol. The van der Waals surface area contributed by atoms with Crippen molar-refractivity contribution in [2.75, 3.05) is 7.05 Å². The highest BCUT2D eigenvalue weighted by molar-refractivity contribution is 5.00. The molecule has 1 heterocycles. The van der Waals surface area contributed by atoms with Gasteiger partial charge in [-0.05, 0) is 37.9 Å². The van der Waals surface area contributed by atoms with Crippen molar-refractivity contribution < 1.29 is 4.42 Å². The monoisotopic (exact) mass is 235 g/mol. The van der Waals surface area contributed by atoms with Crippen LogP contribution in [0.3, 0.4) is 0 Å². The largest absolute Gasteiger partial charge is 0.469 e. The van der Waals surface area contributed by atoms with Gasteiger partial charge in [0.15, 0.2) is 0 Å². The molecule has 1 atom stereocenters. The zero-order valence-electron chi connectivity index (χ0n) is 11.0. The highest BCUT2D eigenvalue weighted by atomic mass is 16.3. The van der Waals surface area contributed by atoms with Gasteiger partial charge in [0.05, 0.1) is 6.26 Å². The van der Waals surface area contributed by atoms with Gasteiger partial charge in [0.2, 0.25) is 0 Å². The Hall–Kier alpha value is -0.760. The van der Waals surface area contributed by atoms with Gasteiger partial charge in [-0.25, -0.2) is 0 Å². The fourth-order valence-corrected chi connectivity index (χ4v) is 2.93. The maximum Gasteiger partial charge on any atom is 0.105 e. The second kappa shape index (κ2) is 6.85. The molecule has 2 rings (SSSR count). The van der Waals surface area contributed by atoms with E-state index < -0.39 is 0 Å². The Morgan fingerprint density at radius 2 is 2.18 bits per heavy atom. The average molecular weight is 235 g/mol. The van der Waals surface area contributed by atoms with Crippen LogP contribution in [0.25, 0.3) is 0 Å². The Morgan fingerprint density at radius 1 is 1.35 bits per heavy atom. The first-order chi connectivity index (χ1) is 8.38. The van der Waals surface area contributed by atoms with Gasteiger partial charge in [-0.2, -0.15) is 0 Å². The standard InChI is InChI=1S/C15H25NO/c1-16-14(12-15-8-5-11-17-15)10-9-13-6-3-2-4-7-13/h5,8,11,13-14,16H,2-4,6-7,9-10,12H2,1H3. The van der Waals surface area contributed by atoms with Crippen molar-refractivity contribution >= 4 is 0 Å². The summed E-state index contributed by atoms with van der Waals surface area (Å²) in [6.45, 7) is 0. The van der Waals surface area contributed by atoms with E-state index in [0.717, 1.165) is 18.1 Å². The molecule has 0 radical (unpaired) electrons. The lowest BCUT2D eigenvalue weighted by molar-refractivity contribution is 0.312. The van der Waals surface area contributed by atoms with Crippen LogP contribution in [0.2, 0.25) is 0 Å². The summed E-state index contributed by atoms with van der Waals surface area (Å²) in [4.78, 5) is 0. The van der Waals surface area contributed by atoms with Crippen molar-refractivity contribution in [2.24, 2.45) is 5.92 Å². The molecule has 0 aliphatic heterocycles. The first-order valence-electron chi connectivity index (χ1n) is 7.08. The summed E-state index contributed by atoms with van der Waals surface area (Å²) in [7, 11) is 2.06. The third-order valence-electron chi connectivity index (χ3n) is 4.08. The lowest BCUT2D eigenvalue weighted by atomic mass is 9.85. The molecule has 2 heteroatoms. The fourth-order valence-electron chi connectivity index (χ4n) is 2.93. The molecule has 1 aliphatic carbocycles. The molecule has 0 bridgehead atoms. The molecule has 1 fully saturated rings. The molecule has 1 aromatic heterocycles. The minimum absolute atomic E-state index is 0.572. The molecule has 1 aliphatic rings. The summed E-state index contributed by atoms with van der Waals surface area (Å²) in [6, 6.07) is 4.62. The second-order valence-corrected chi connectivity index (χ2v) is 5.35. The van der Waals surface area contributed by atoms with Crippen molar-refractivity contribution in [1.82, 2.24) is 5.32 Å². The van der Waals surface area contributed by atoms with Crippen LogP contribution in [0.4, 0.5) is 0 Å². The topological polar surface area (TPSA) is 25.2 Å². The molecule has 0 aromatic carbocycles. The number of hydrogen-bond donors (Lipinski definition) is 1. The van der Waals surface area contributed by atoms with Gasteiger partial charge in [0.1, 0.15) is 5.76 Å². The maximum absolute atomic E-state index is 5.42. The van der Waals surface area contributed by atoms with E-state index in [1.807, 2.05) is 6.07 Å². The minimum Gasteiger partial charge on any atom is -0.469 e. The number of hydrogen-bond acceptors (Lipinski definition) is 2. The van der Waals surface area contributed by atoms with Gasteiger partial charge in [-0.15, -0.1) is 0 Å². The van der Waals surface area contributed by atoms with Crippen LogP contribution < -0.4 is 5.32 Å². The summed E-state index contributed by atoms with van der Waals surface area (Å²) in [5.41, 5.74) is 0. The molecule has 1 unspecified atom stereocenters. The lowest BCUT2D eigenvalue weighted by Gasteiger charge is -2.23. The Bertz CT molecular complexity index is 288. The molecular weight excluding hydrogens is 210 g/mol. The molecule has 0 amide bonds. The number of rotatable bonds is 6. The van der Waals surface area contributed by atoms with E-state index in [0.29, 0.717) is 6.04 Å². The summed E-state index contributed by atoms with van der Waals surface area (Å²) in [5.74, 6) is 2.09. The third-order valence-corrected chi connectivity index (χ3v) is 4.08. The SMILES string of the molecule is CNC(CCC1CCCCC1)Cc1ccco1. The second-order valence-electron chi connectivity index (χ2n) is 5.35. The van der Waals surface area contributed by atoms with Gasteiger partial charge in [0.25, 0.3) is 0 Å². The van der Waals surface area contributed by atoms with E-state index >= 15 is 0 Å². The molecule has 17 heavy (non-hydrogen) atoms. The number of nitrogens with one attached hydrogen (secondary N) is 1. The van der Waals surface area contributed by atoms with Crippen molar-refractivity contribution in [3.05, 3.63) is 24.2 Å². The first-order valence-corrected chi connectivity index (χ1v) is 7.08. The van der Waals surface area contributed by atoms with Gasteiger partial charge >= 0.3 is 0 Å². The van der Waals surface area contributed by atoms with E-state index in [-0.39, 0.29) is 0 Å². The highest BCUT2D eigenvalue weighted by Crippen LogP contribution is 2.28. The molecule has 1 N–H and O–H groups in total. The lowest BCUT2D eigenvalue weighted by Crippen LogP contribution is -2.28. The van der Waals surface area contributed by atoms with Crippen molar-refractivity contribution in [2.45, 2.75) is 57.4 Å². The van der Waals surface area contributed by atoms with Crippen LogP contribution in [0.5, 0.6) is 0 Å². The number of furan rings is 1. The van der Waals surface area contributed by atoms with E-state index in [1.165, 1.54) is 44.9 Å². The average Bonchev–Trinajstić information content (AvgIpc) is 2.88. The summed E-state index contributed by atoms with van der Waals surface area (Å²) in [5, 5.41) is 3.42. The normalized spacial score (nSPS) is 19.4. The highest BCUT2D eigenvalue weighted by Gasteiger charge is 2.16. The first kappa shape index (κ1) is 12.7. The van der Waals surface area contributed by atoms with Crippen molar-refractivity contribution in [1.29, 1.82) is 0 Å². The Balaban J connectivity index is 1.71. The van der Waals surface area contributed by atoms with E-state index in [9.17, 15) is 0 Å². The summed E-state index contributed by atoms with van der Waals surface area (Å²) >= 11 is 0. The van der Waals surface area contributed by atoms with Gasteiger partial charge in [-0.3, -0.25) is 0 Å². The smallest absolute Gasteiger partial charge is 0.105 e. The Labute approximate surface area is 105 Å². The van der Waals surface area contributed by atoms with Crippen LogP contribution in [0, 0.1) is 5.92 Å². The zero-order valence-corrected chi connectivity index (χ0v) is 11.0. The van der Waals surface area contributed by atoms with Crippen LogP contribution in [-0.2, 0) is 6.42 Å².